The number of rotatable bonds is 7. The lowest BCUT2D eigenvalue weighted by molar-refractivity contribution is 0.242. The summed E-state index contributed by atoms with van der Waals surface area (Å²) in [7, 11) is 0. The van der Waals surface area contributed by atoms with Gasteiger partial charge in [-0.15, -0.1) is 0 Å². The van der Waals surface area contributed by atoms with Gasteiger partial charge in [0.15, 0.2) is 0 Å². The molecule has 0 heterocycles. The third-order valence-electron chi connectivity index (χ3n) is 4.24. The standard InChI is InChI=1S/C17H27NO/c1-5-17(10-11-17)12-18-14(4)15-6-8-16(9-7-15)19-13(2)3/h6-9,13-14,18H,5,10-12H2,1-4H3. The minimum atomic E-state index is 0.237. The van der Waals surface area contributed by atoms with E-state index in [9.17, 15) is 0 Å². The fourth-order valence-electron chi connectivity index (χ4n) is 2.43. The molecule has 19 heavy (non-hydrogen) atoms. The number of benzene rings is 1. The van der Waals surface area contributed by atoms with Crippen molar-refractivity contribution in [3.05, 3.63) is 29.8 Å². The molecule has 0 aromatic heterocycles. The van der Waals surface area contributed by atoms with Gasteiger partial charge in [-0.2, -0.15) is 0 Å². The predicted octanol–water partition coefficient (Wildman–Crippen LogP) is 4.31. The van der Waals surface area contributed by atoms with E-state index >= 15 is 0 Å². The highest BCUT2D eigenvalue weighted by atomic mass is 16.5. The molecule has 1 aromatic carbocycles. The summed E-state index contributed by atoms with van der Waals surface area (Å²) >= 11 is 0. The zero-order valence-corrected chi connectivity index (χ0v) is 12.7. The predicted molar refractivity (Wildman–Crippen MR) is 80.6 cm³/mol. The van der Waals surface area contributed by atoms with Crippen LogP contribution < -0.4 is 10.1 Å². The van der Waals surface area contributed by atoms with Crippen LogP contribution in [0.25, 0.3) is 0 Å². The normalized spacial score (nSPS) is 18.4. The molecule has 0 bridgehead atoms. The Morgan fingerprint density at radius 2 is 1.79 bits per heavy atom. The largest absolute Gasteiger partial charge is 0.491 e. The van der Waals surface area contributed by atoms with Gasteiger partial charge in [0.05, 0.1) is 6.10 Å². The molecule has 2 nitrogen and oxygen atoms in total. The van der Waals surface area contributed by atoms with Crippen molar-refractivity contribution in [2.24, 2.45) is 5.41 Å². The molecule has 1 unspecified atom stereocenters. The lowest BCUT2D eigenvalue weighted by Gasteiger charge is -2.19. The number of hydrogen-bond donors (Lipinski definition) is 1. The van der Waals surface area contributed by atoms with Crippen molar-refractivity contribution >= 4 is 0 Å². The zero-order valence-electron chi connectivity index (χ0n) is 12.7. The fraction of sp³-hybridized carbons (Fsp3) is 0.647. The Hall–Kier alpha value is -1.02. The zero-order chi connectivity index (χ0) is 13.9. The van der Waals surface area contributed by atoms with Crippen LogP contribution in [0.5, 0.6) is 5.75 Å². The van der Waals surface area contributed by atoms with Crippen LogP contribution in [0.1, 0.15) is 58.6 Å². The quantitative estimate of drug-likeness (QED) is 0.789. The van der Waals surface area contributed by atoms with E-state index in [0.717, 1.165) is 12.3 Å². The molecule has 0 radical (unpaired) electrons. The van der Waals surface area contributed by atoms with E-state index in [-0.39, 0.29) is 6.10 Å². The SMILES string of the molecule is CCC1(CNC(C)c2ccc(OC(C)C)cc2)CC1. The molecule has 1 atom stereocenters. The molecule has 1 aromatic rings. The summed E-state index contributed by atoms with van der Waals surface area (Å²) in [4.78, 5) is 0. The van der Waals surface area contributed by atoms with E-state index in [1.54, 1.807) is 0 Å². The monoisotopic (exact) mass is 261 g/mol. The number of ether oxygens (including phenoxy) is 1. The summed E-state index contributed by atoms with van der Waals surface area (Å²) in [6, 6.07) is 8.89. The molecule has 0 amide bonds. The van der Waals surface area contributed by atoms with Crippen LogP contribution in [-0.4, -0.2) is 12.6 Å². The maximum Gasteiger partial charge on any atom is 0.119 e. The summed E-state index contributed by atoms with van der Waals surface area (Å²) < 4.78 is 5.67. The maximum atomic E-state index is 5.67. The first-order chi connectivity index (χ1) is 9.04. The lowest BCUT2D eigenvalue weighted by atomic mass is 10.0. The molecule has 1 aliphatic rings. The molecule has 0 aliphatic heterocycles. The Morgan fingerprint density at radius 3 is 2.26 bits per heavy atom. The third-order valence-corrected chi connectivity index (χ3v) is 4.24. The topological polar surface area (TPSA) is 21.3 Å². The number of nitrogens with one attached hydrogen (secondary N) is 1. The summed E-state index contributed by atoms with van der Waals surface area (Å²) in [6.45, 7) is 9.80. The van der Waals surface area contributed by atoms with Crippen molar-refractivity contribution in [1.82, 2.24) is 5.32 Å². The van der Waals surface area contributed by atoms with Crippen LogP contribution in [0.15, 0.2) is 24.3 Å². The molecule has 1 aliphatic carbocycles. The van der Waals surface area contributed by atoms with Crippen molar-refractivity contribution in [3.63, 3.8) is 0 Å². The Labute approximate surface area is 117 Å². The molecule has 2 rings (SSSR count). The van der Waals surface area contributed by atoms with Crippen molar-refractivity contribution in [2.45, 2.75) is 59.1 Å². The molecule has 0 saturated heterocycles. The molecule has 106 valence electrons. The van der Waals surface area contributed by atoms with Crippen LogP contribution in [0.3, 0.4) is 0 Å². The summed E-state index contributed by atoms with van der Waals surface area (Å²) in [5.41, 5.74) is 1.94. The molecule has 1 N–H and O–H groups in total. The van der Waals surface area contributed by atoms with E-state index in [0.29, 0.717) is 11.5 Å². The fourth-order valence-corrected chi connectivity index (χ4v) is 2.43. The first kappa shape index (κ1) is 14.4. The second kappa shape index (κ2) is 5.96. The highest BCUT2D eigenvalue weighted by Crippen LogP contribution is 2.48. The van der Waals surface area contributed by atoms with Gasteiger partial charge in [0.25, 0.3) is 0 Å². The molecular formula is C17H27NO. The average Bonchev–Trinajstić information content (AvgIpc) is 3.17. The van der Waals surface area contributed by atoms with Gasteiger partial charge in [0, 0.05) is 12.6 Å². The molecule has 0 spiro atoms. The highest BCUT2D eigenvalue weighted by molar-refractivity contribution is 5.29. The maximum absolute atomic E-state index is 5.67. The molecule has 2 heteroatoms. The van der Waals surface area contributed by atoms with Crippen molar-refractivity contribution in [2.75, 3.05) is 6.54 Å². The Kier molecular flexibility index (Phi) is 4.51. The molecular weight excluding hydrogens is 234 g/mol. The van der Waals surface area contributed by atoms with Crippen LogP contribution >= 0.6 is 0 Å². The lowest BCUT2D eigenvalue weighted by Crippen LogP contribution is -2.26. The summed E-state index contributed by atoms with van der Waals surface area (Å²) in [5.74, 6) is 0.957. The van der Waals surface area contributed by atoms with Gasteiger partial charge in [-0.05, 0) is 63.1 Å². The van der Waals surface area contributed by atoms with E-state index < -0.39 is 0 Å². The van der Waals surface area contributed by atoms with Gasteiger partial charge in [-0.3, -0.25) is 0 Å². The first-order valence-electron chi connectivity index (χ1n) is 7.55. The first-order valence-corrected chi connectivity index (χ1v) is 7.55. The van der Waals surface area contributed by atoms with E-state index in [2.05, 4.69) is 57.3 Å². The Bertz CT molecular complexity index is 392. The van der Waals surface area contributed by atoms with Gasteiger partial charge in [-0.1, -0.05) is 19.1 Å². The van der Waals surface area contributed by atoms with E-state index in [1.807, 2.05) is 0 Å². The summed E-state index contributed by atoms with van der Waals surface area (Å²) in [5, 5.41) is 3.67. The van der Waals surface area contributed by atoms with Crippen LogP contribution in [0.2, 0.25) is 0 Å². The van der Waals surface area contributed by atoms with Gasteiger partial charge >= 0.3 is 0 Å². The Balaban J connectivity index is 1.86. The summed E-state index contributed by atoms with van der Waals surface area (Å²) in [6.07, 6.45) is 4.32. The van der Waals surface area contributed by atoms with Crippen LogP contribution in [0, 0.1) is 5.41 Å². The third kappa shape index (κ3) is 3.97. The van der Waals surface area contributed by atoms with E-state index in [4.69, 9.17) is 4.74 Å². The van der Waals surface area contributed by atoms with Gasteiger partial charge in [-0.25, -0.2) is 0 Å². The van der Waals surface area contributed by atoms with Gasteiger partial charge in [0.1, 0.15) is 5.75 Å². The smallest absolute Gasteiger partial charge is 0.119 e. The minimum absolute atomic E-state index is 0.237. The van der Waals surface area contributed by atoms with Gasteiger partial charge < -0.3 is 10.1 Å². The second-order valence-electron chi connectivity index (χ2n) is 6.19. The van der Waals surface area contributed by atoms with Crippen LogP contribution in [0.4, 0.5) is 0 Å². The number of hydrogen-bond acceptors (Lipinski definition) is 2. The Morgan fingerprint density at radius 1 is 1.16 bits per heavy atom. The van der Waals surface area contributed by atoms with Gasteiger partial charge in [0.2, 0.25) is 0 Å². The van der Waals surface area contributed by atoms with Crippen molar-refractivity contribution in [1.29, 1.82) is 0 Å². The molecule has 1 fully saturated rings. The van der Waals surface area contributed by atoms with E-state index in [1.165, 1.54) is 24.8 Å². The highest BCUT2D eigenvalue weighted by Gasteiger charge is 2.40. The van der Waals surface area contributed by atoms with Crippen LogP contribution in [-0.2, 0) is 0 Å². The average molecular weight is 261 g/mol. The molecule has 1 saturated carbocycles. The van der Waals surface area contributed by atoms with Crippen molar-refractivity contribution in [3.8, 4) is 5.75 Å². The second-order valence-corrected chi connectivity index (χ2v) is 6.19. The minimum Gasteiger partial charge on any atom is -0.491 e. The van der Waals surface area contributed by atoms with Crippen molar-refractivity contribution < 1.29 is 4.74 Å².